The standard InChI is InChI=1S/C13H15N7/c1-2-19-9-14-6-12(19)7-16-11-3-4-13(17-5-11)20-10-15-8-18-20/h3-6,8-10,16H,2,7H2,1H3. The molecule has 0 radical (unpaired) electrons. The fourth-order valence-corrected chi connectivity index (χ4v) is 1.93. The van der Waals surface area contributed by atoms with E-state index in [9.17, 15) is 0 Å². The van der Waals surface area contributed by atoms with Gasteiger partial charge in [-0.25, -0.2) is 19.6 Å². The number of aromatic nitrogens is 6. The summed E-state index contributed by atoms with van der Waals surface area (Å²) in [6.07, 6.45) is 8.59. The molecule has 0 spiro atoms. The molecule has 0 atom stereocenters. The van der Waals surface area contributed by atoms with Gasteiger partial charge in [0, 0.05) is 12.7 Å². The summed E-state index contributed by atoms with van der Waals surface area (Å²) >= 11 is 0. The van der Waals surface area contributed by atoms with Crippen LogP contribution in [0.5, 0.6) is 0 Å². The second-order valence-electron chi connectivity index (χ2n) is 4.27. The Hall–Kier alpha value is -2.70. The first-order chi connectivity index (χ1) is 9.86. The van der Waals surface area contributed by atoms with E-state index < -0.39 is 0 Å². The maximum absolute atomic E-state index is 4.34. The lowest BCUT2D eigenvalue weighted by Crippen LogP contribution is -2.06. The zero-order valence-electron chi connectivity index (χ0n) is 11.1. The van der Waals surface area contributed by atoms with Crippen molar-refractivity contribution in [3.05, 3.63) is 49.2 Å². The third kappa shape index (κ3) is 2.51. The molecule has 0 saturated heterocycles. The quantitative estimate of drug-likeness (QED) is 0.759. The van der Waals surface area contributed by atoms with Gasteiger partial charge in [0.05, 0.1) is 30.5 Å². The predicted molar refractivity (Wildman–Crippen MR) is 74.4 cm³/mol. The van der Waals surface area contributed by atoms with Gasteiger partial charge in [0.2, 0.25) is 0 Å². The molecule has 3 rings (SSSR count). The maximum Gasteiger partial charge on any atom is 0.155 e. The molecule has 0 aliphatic rings. The Morgan fingerprint density at radius 3 is 2.80 bits per heavy atom. The Labute approximate surface area is 116 Å². The van der Waals surface area contributed by atoms with Crippen LogP contribution >= 0.6 is 0 Å². The molecular formula is C13H15N7. The van der Waals surface area contributed by atoms with Gasteiger partial charge in [-0.2, -0.15) is 5.10 Å². The molecule has 0 aliphatic heterocycles. The third-order valence-electron chi connectivity index (χ3n) is 3.01. The molecule has 0 aromatic carbocycles. The van der Waals surface area contributed by atoms with E-state index in [0.717, 1.165) is 30.3 Å². The molecule has 3 aromatic heterocycles. The minimum absolute atomic E-state index is 0.720. The van der Waals surface area contributed by atoms with Crippen LogP contribution < -0.4 is 5.32 Å². The Balaban J connectivity index is 1.67. The van der Waals surface area contributed by atoms with Crippen molar-refractivity contribution in [2.24, 2.45) is 0 Å². The van der Waals surface area contributed by atoms with E-state index >= 15 is 0 Å². The van der Waals surface area contributed by atoms with Gasteiger partial charge in [0.1, 0.15) is 12.7 Å². The zero-order valence-corrected chi connectivity index (χ0v) is 11.1. The smallest absolute Gasteiger partial charge is 0.155 e. The number of hydrogen-bond acceptors (Lipinski definition) is 5. The highest BCUT2D eigenvalue weighted by Gasteiger charge is 2.02. The van der Waals surface area contributed by atoms with Gasteiger partial charge in [0.15, 0.2) is 5.82 Å². The van der Waals surface area contributed by atoms with Crippen LogP contribution in [-0.4, -0.2) is 29.3 Å². The first-order valence-electron chi connectivity index (χ1n) is 6.40. The van der Waals surface area contributed by atoms with Gasteiger partial charge < -0.3 is 9.88 Å². The van der Waals surface area contributed by atoms with Gasteiger partial charge in [0.25, 0.3) is 0 Å². The Morgan fingerprint density at radius 1 is 1.15 bits per heavy atom. The lowest BCUT2D eigenvalue weighted by atomic mass is 10.3. The number of nitrogens with one attached hydrogen (secondary N) is 1. The van der Waals surface area contributed by atoms with E-state index in [2.05, 4.69) is 36.9 Å². The molecule has 1 N–H and O–H groups in total. The lowest BCUT2D eigenvalue weighted by molar-refractivity contribution is 0.719. The predicted octanol–water partition coefficient (Wildman–Crippen LogP) is 1.49. The van der Waals surface area contributed by atoms with Crippen LogP contribution in [-0.2, 0) is 13.1 Å². The van der Waals surface area contributed by atoms with Gasteiger partial charge in [-0.3, -0.25) is 0 Å². The highest BCUT2D eigenvalue weighted by atomic mass is 15.3. The minimum Gasteiger partial charge on any atom is -0.378 e. The topological polar surface area (TPSA) is 73.5 Å². The minimum atomic E-state index is 0.720. The molecule has 7 heteroatoms. The Bertz CT molecular complexity index is 654. The highest BCUT2D eigenvalue weighted by molar-refractivity contribution is 5.43. The average Bonchev–Trinajstić information content (AvgIpc) is 3.16. The van der Waals surface area contributed by atoms with E-state index in [1.165, 1.54) is 6.33 Å². The second-order valence-corrected chi connectivity index (χ2v) is 4.27. The average molecular weight is 269 g/mol. The van der Waals surface area contributed by atoms with E-state index in [4.69, 9.17) is 0 Å². The van der Waals surface area contributed by atoms with Gasteiger partial charge in [-0.05, 0) is 19.1 Å². The highest BCUT2D eigenvalue weighted by Crippen LogP contribution is 2.10. The fraction of sp³-hybridized carbons (Fsp3) is 0.231. The number of rotatable bonds is 5. The molecule has 20 heavy (non-hydrogen) atoms. The summed E-state index contributed by atoms with van der Waals surface area (Å²) in [6.45, 7) is 3.73. The van der Waals surface area contributed by atoms with Crippen LogP contribution in [0.15, 0.2) is 43.5 Å². The van der Waals surface area contributed by atoms with Crippen LogP contribution in [0.25, 0.3) is 5.82 Å². The summed E-state index contributed by atoms with van der Waals surface area (Å²) in [4.78, 5) is 12.4. The molecule has 0 fully saturated rings. The summed E-state index contributed by atoms with van der Waals surface area (Å²) in [5.74, 6) is 0.742. The van der Waals surface area contributed by atoms with Crippen LogP contribution in [0.2, 0.25) is 0 Å². The lowest BCUT2D eigenvalue weighted by Gasteiger charge is -2.08. The van der Waals surface area contributed by atoms with Crippen molar-refractivity contribution >= 4 is 5.69 Å². The Kier molecular flexibility index (Phi) is 3.40. The van der Waals surface area contributed by atoms with Crippen LogP contribution in [0.1, 0.15) is 12.6 Å². The van der Waals surface area contributed by atoms with E-state index in [1.54, 1.807) is 17.2 Å². The molecule has 0 saturated carbocycles. The summed E-state index contributed by atoms with van der Waals surface area (Å²) < 4.78 is 3.72. The van der Waals surface area contributed by atoms with Crippen molar-refractivity contribution in [3.8, 4) is 5.82 Å². The van der Waals surface area contributed by atoms with E-state index in [0.29, 0.717) is 0 Å². The summed E-state index contributed by atoms with van der Waals surface area (Å²) in [7, 11) is 0. The number of nitrogens with zero attached hydrogens (tertiary/aromatic N) is 6. The van der Waals surface area contributed by atoms with Crippen molar-refractivity contribution in [2.75, 3.05) is 5.32 Å². The van der Waals surface area contributed by atoms with Gasteiger partial charge in [-0.15, -0.1) is 0 Å². The molecule has 3 heterocycles. The molecule has 0 unspecified atom stereocenters. The van der Waals surface area contributed by atoms with Gasteiger partial charge in [-0.1, -0.05) is 0 Å². The SMILES string of the molecule is CCn1cncc1CNc1ccc(-n2cncn2)nc1. The molecule has 3 aromatic rings. The largest absolute Gasteiger partial charge is 0.378 e. The fourth-order valence-electron chi connectivity index (χ4n) is 1.93. The summed E-state index contributed by atoms with van der Waals surface area (Å²) in [5.41, 5.74) is 2.10. The third-order valence-corrected chi connectivity index (χ3v) is 3.01. The van der Waals surface area contributed by atoms with E-state index in [1.807, 2.05) is 24.7 Å². The zero-order chi connectivity index (χ0) is 13.8. The van der Waals surface area contributed by atoms with Crippen molar-refractivity contribution in [1.82, 2.24) is 29.3 Å². The number of pyridine rings is 1. The first kappa shape index (κ1) is 12.3. The number of imidazole rings is 1. The number of hydrogen-bond donors (Lipinski definition) is 1. The number of anilines is 1. The molecule has 0 amide bonds. The molecule has 0 aliphatic carbocycles. The van der Waals surface area contributed by atoms with Gasteiger partial charge >= 0.3 is 0 Å². The second kappa shape index (κ2) is 5.52. The molecule has 102 valence electrons. The molecular weight excluding hydrogens is 254 g/mol. The summed E-state index contributed by atoms with van der Waals surface area (Å²) in [6, 6.07) is 3.87. The maximum atomic E-state index is 4.34. The van der Waals surface area contributed by atoms with Crippen LogP contribution in [0.3, 0.4) is 0 Å². The molecule has 7 nitrogen and oxygen atoms in total. The van der Waals surface area contributed by atoms with Crippen LogP contribution in [0, 0.1) is 0 Å². The normalized spacial score (nSPS) is 10.7. The van der Waals surface area contributed by atoms with E-state index in [-0.39, 0.29) is 0 Å². The summed E-state index contributed by atoms with van der Waals surface area (Å²) in [5, 5.41) is 7.36. The first-order valence-corrected chi connectivity index (χ1v) is 6.40. The Morgan fingerprint density at radius 2 is 2.10 bits per heavy atom. The van der Waals surface area contributed by atoms with Crippen molar-refractivity contribution in [1.29, 1.82) is 0 Å². The monoisotopic (exact) mass is 269 g/mol. The molecule has 0 bridgehead atoms. The van der Waals surface area contributed by atoms with Crippen LogP contribution in [0.4, 0.5) is 5.69 Å². The number of aryl methyl sites for hydroxylation is 1. The van der Waals surface area contributed by atoms with Crippen molar-refractivity contribution < 1.29 is 0 Å². The van der Waals surface area contributed by atoms with Crippen molar-refractivity contribution in [2.45, 2.75) is 20.0 Å². The van der Waals surface area contributed by atoms with Crippen molar-refractivity contribution in [3.63, 3.8) is 0 Å².